The molecule has 20 heavy (non-hydrogen) atoms. The van der Waals surface area contributed by atoms with Gasteiger partial charge in [-0.1, -0.05) is 18.2 Å². The quantitative estimate of drug-likeness (QED) is 0.438. The van der Waals surface area contributed by atoms with Gasteiger partial charge in [-0.2, -0.15) is 4.58 Å². The number of halogens is 1. The fraction of sp³-hybridized carbons (Fsp3) is 0.133. The zero-order valence-corrected chi connectivity index (χ0v) is 12.3. The van der Waals surface area contributed by atoms with E-state index in [4.69, 9.17) is 0 Å². The number of nitro benzene ring substituents is 1. The van der Waals surface area contributed by atoms with Crippen molar-refractivity contribution in [2.24, 2.45) is 0 Å². The first-order valence-electron chi connectivity index (χ1n) is 6.18. The molecule has 0 radical (unpaired) electrons. The van der Waals surface area contributed by atoms with E-state index in [1.54, 1.807) is 12.1 Å². The molecule has 3 rings (SSSR count). The largest absolute Gasteiger partial charge is 1.00 e. The van der Waals surface area contributed by atoms with E-state index < -0.39 is 0 Å². The van der Waals surface area contributed by atoms with Crippen LogP contribution in [0.25, 0.3) is 0 Å². The van der Waals surface area contributed by atoms with Crippen LogP contribution in [-0.4, -0.2) is 22.3 Å². The van der Waals surface area contributed by atoms with Gasteiger partial charge in [-0.05, 0) is 17.7 Å². The molecule has 4 nitrogen and oxygen atoms in total. The van der Waals surface area contributed by atoms with Crippen LogP contribution in [-0.2, 0) is 6.42 Å². The summed E-state index contributed by atoms with van der Waals surface area (Å²) < 4.78 is 2.06. The van der Waals surface area contributed by atoms with Gasteiger partial charge in [0.05, 0.1) is 11.0 Å². The second-order valence-corrected chi connectivity index (χ2v) is 4.55. The molecule has 0 saturated carbocycles. The first-order valence-corrected chi connectivity index (χ1v) is 6.18. The molecular formula is C15H13BrN2O2. The molecule has 0 aromatic heterocycles. The lowest BCUT2D eigenvalue weighted by molar-refractivity contribution is -0.437. The minimum Gasteiger partial charge on any atom is -1.00 e. The summed E-state index contributed by atoms with van der Waals surface area (Å²) in [7, 11) is 0. The van der Waals surface area contributed by atoms with E-state index >= 15 is 0 Å². The number of fused-ring (bicyclic) bond motifs is 1. The monoisotopic (exact) mass is 332 g/mol. The fourth-order valence-corrected chi connectivity index (χ4v) is 2.35. The van der Waals surface area contributed by atoms with Gasteiger partial charge in [0.15, 0.2) is 12.8 Å². The molecule has 0 atom stereocenters. The highest BCUT2D eigenvalue weighted by atomic mass is 79.9. The fourth-order valence-electron chi connectivity index (χ4n) is 2.35. The molecule has 2 aromatic rings. The number of hydrogen-bond acceptors (Lipinski definition) is 2. The minimum atomic E-state index is -0.360. The second-order valence-electron chi connectivity index (χ2n) is 4.55. The molecule has 1 aliphatic rings. The molecule has 2 aromatic carbocycles. The Morgan fingerprint density at radius 1 is 1.10 bits per heavy atom. The third-order valence-electron chi connectivity index (χ3n) is 3.34. The Morgan fingerprint density at radius 2 is 1.90 bits per heavy atom. The number of benzene rings is 2. The second kappa shape index (κ2) is 5.96. The van der Waals surface area contributed by atoms with E-state index in [1.807, 2.05) is 18.2 Å². The Hall–Kier alpha value is -2.01. The number of nitrogens with zero attached hydrogens (tertiary/aromatic N) is 2. The summed E-state index contributed by atoms with van der Waals surface area (Å²) in [4.78, 5) is 10.5. The standard InChI is InChI=1S/C15H13N2O2.BrH/c18-17(19)15-7-3-6-14(10-15)16-9-8-12-4-1-2-5-13(12)11-16;/h1-7,10-11H,8-9H2;1H/q+1;/p-1. The van der Waals surface area contributed by atoms with Gasteiger partial charge in [-0.15, -0.1) is 0 Å². The predicted molar refractivity (Wildman–Crippen MR) is 73.2 cm³/mol. The van der Waals surface area contributed by atoms with Gasteiger partial charge in [0, 0.05) is 24.1 Å². The Bertz CT molecular complexity index is 683. The Morgan fingerprint density at radius 3 is 2.70 bits per heavy atom. The molecule has 0 N–H and O–H groups in total. The molecule has 0 saturated heterocycles. The highest BCUT2D eigenvalue weighted by molar-refractivity contribution is 5.79. The van der Waals surface area contributed by atoms with Crippen LogP contribution in [0.2, 0.25) is 0 Å². The lowest BCUT2D eigenvalue weighted by Gasteiger charge is -2.11. The van der Waals surface area contributed by atoms with Crippen molar-refractivity contribution in [3.63, 3.8) is 0 Å². The van der Waals surface area contributed by atoms with E-state index in [2.05, 4.69) is 22.9 Å². The molecule has 0 aliphatic carbocycles. The summed E-state index contributed by atoms with van der Waals surface area (Å²) in [6.07, 6.45) is 3.01. The molecule has 0 spiro atoms. The first kappa shape index (κ1) is 14.4. The molecular weight excluding hydrogens is 320 g/mol. The maximum atomic E-state index is 10.8. The van der Waals surface area contributed by atoms with Crippen molar-refractivity contribution < 1.29 is 26.5 Å². The van der Waals surface area contributed by atoms with Crippen molar-refractivity contribution in [3.8, 4) is 0 Å². The van der Waals surface area contributed by atoms with Crippen molar-refractivity contribution in [2.75, 3.05) is 6.54 Å². The lowest BCUT2D eigenvalue weighted by atomic mass is 10.0. The molecule has 0 fully saturated rings. The topological polar surface area (TPSA) is 46.1 Å². The number of hydrogen-bond donors (Lipinski definition) is 0. The number of non-ortho nitro benzene ring substituents is 1. The molecule has 1 aliphatic heterocycles. The maximum absolute atomic E-state index is 10.8. The van der Waals surface area contributed by atoms with Gasteiger partial charge in [-0.25, -0.2) is 0 Å². The smallest absolute Gasteiger partial charge is 0.276 e. The van der Waals surface area contributed by atoms with Crippen LogP contribution < -0.4 is 17.0 Å². The van der Waals surface area contributed by atoms with Gasteiger partial charge in [0.25, 0.3) is 5.69 Å². The van der Waals surface area contributed by atoms with Crippen LogP contribution in [0.15, 0.2) is 48.5 Å². The van der Waals surface area contributed by atoms with E-state index in [0.717, 1.165) is 18.7 Å². The van der Waals surface area contributed by atoms with Crippen LogP contribution in [0, 0.1) is 10.1 Å². The molecule has 5 heteroatoms. The van der Waals surface area contributed by atoms with Crippen molar-refractivity contribution >= 4 is 17.6 Å². The average Bonchev–Trinajstić information content (AvgIpc) is 2.47. The van der Waals surface area contributed by atoms with Gasteiger partial charge >= 0.3 is 0 Å². The zero-order chi connectivity index (χ0) is 13.2. The number of rotatable bonds is 2. The highest BCUT2D eigenvalue weighted by Crippen LogP contribution is 2.22. The van der Waals surface area contributed by atoms with Gasteiger partial charge < -0.3 is 17.0 Å². The first-order chi connectivity index (χ1) is 9.24. The van der Waals surface area contributed by atoms with E-state index in [-0.39, 0.29) is 27.6 Å². The molecule has 1 heterocycles. The maximum Gasteiger partial charge on any atom is 0.276 e. The average molecular weight is 333 g/mol. The van der Waals surface area contributed by atoms with E-state index in [9.17, 15) is 10.1 Å². The zero-order valence-electron chi connectivity index (χ0n) is 10.7. The van der Waals surface area contributed by atoms with Crippen molar-refractivity contribution in [1.29, 1.82) is 0 Å². The van der Waals surface area contributed by atoms with Crippen LogP contribution in [0.5, 0.6) is 0 Å². The van der Waals surface area contributed by atoms with Gasteiger partial charge in [0.1, 0.15) is 0 Å². The summed E-state index contributed by atoms with van der Waals surface area (Å²) in [6, 6.07) is 15.0. The molecule has 0 bridgehead atoms. The Balaban J connectivity index is 0.00000147. The summed E-state index contributed by atoms with van der Waals surface area (Å²) in [5, 5.41) is 10.8. The third-order valence-corrected chi connectivity index (χ3v) is 3.34. The predicted octanol–water partition coefficient (Wildman–Crippen LogP) is -0.0820. The van der Waals surface area contributed by atoms with Crippen LogP contribution in [0.1, 0.15) is 11.1 Å². The number of nitro groups is 1. The van der Waals surface area contributed by atoms with Crippen molar-refractivity contribution in [3.05, 3.63) is 69.8 Å². The minimum absolute atomic E-state index is 0. The van der Waals surface area contributed by atoms with E-state index in [1.165, 1.54) is 17.2 Å². The third kappa shape index (κ3) is 2.77. The summed E-state index contributed by atoms with van der Waals surface area (Å²) in [6.45, 7) is 0.845. The van der Waals surface area contributed by atoms with Gasteiger partial charge in [-0.3, -0.25) is 10.1 Å². The SMILES string of the molecule is O=[N+]([O-])c1cccc([N+]2=Cc3ccccc3CC2)c1.[Br-]. The Kier molecular flexibility index (Phi) is 4.29. The van der Waals surface area contributed by atoms with Crippen LogP contribution >= 0.6 is 0 Å². The summed E-state index contributed by atoms with van der Waals surface area (Å²) in [5.41, 5.74) is 3.50. The summed E-state index contributed by atoms with van der Waals surface area (Å²) in [5.74, 6) is 0. The van der Waals surface area contributed by atoms with E-state index in [0.29, 0.717) is 0 Å². The van der Waals surface area contributed by atoms with Gasteiger partial charge in [0.2, 0.25) is 5.69 Å². The molecule has 102 valence electrons. The van der Waals surface area contributed by atoms with Crippen LogP contribution in [0.3, 0.4) is 0 Å². The highest BCUT2D eigenvalue weighted by Gasteiger charge is 2.19. The Labute approximate surface area is 127 Å². The summed E-state index contributed by atoms with van der Waals surface area (Å²) >= 11 is 0. The lowest BCUT2D eigenvalue weighted by Crippen LogP contribution is -3.00. The van der Waals surface area contributed by atoms with Crippen molar-refractivity contribution in [1.82, 2.24) is 0 Å². The van der Waals surface area contributed by atoms with Crippen LogP contribution in [0.4, 0.5) is 11.4 Å². The molecule has 0 amide bonds. The van der Waals surface area contributed by atoms with Crippen molar-refractivity contribution in [2.45, 2.75) is 6.42 Å². The molecule has 0 unspecified atom stereocenters. The normalized spacial score (nSPS) is 12.9.